The average molecular weight is 334 g/mol. The Bertz CT molecular complexity index is 701. The first-order valence-corrected chi connectivity index (χ1v) is 7.71. The number of esters is 1. The second-order valence-corrected chi connectivity index (χ2v) is 5.64. The Morgan fingerprint density at radius 1 is 1.13 bits per heavy atom. The van der Waals surface area contributed by atoms with Gasteiger partial charge in [0, 0.05) is 17.3 Å². The minimum atomic E-state index is -0.426. The average Bonchev–Trinajstić information content (AvgIpc) is 2.55. The first kappa shape index (κ1) is 17.2. The van der Waals surface area contributed by atoms with Crippen LogP contribution in [-0.2, 0) is 4.74 Å². The molecular weight excluding hydrogens is 314 g/mol. The van der Waals surface area contributed by atoms with Crippen molar-refractivity contribution in [2.24, 2.45) is 0 Å². The van der Waals surface area contributed by atoms with Gasteiger partial charge in [-0.3, -0.25) is 0 Å². The summed E-state index contributed by atoms with van der Waals surface area (Å²) in [5.74, 6) is 0.407. The van der Waals surface area contributed by atoms with Crippen molar-refractivity contribution >= 4 is 23.3 Å². The lowest BCUT2D eigenvalue weighted by Crippen LogP contribution is -2.14. The summed E-state index contributed by atoms with van der Waals surface area (Å²) in [6.45, 7) is 5.15. The highest BCUT2D eigenvalue weighted by molar-refractivity contribution is 6.31. The normalized spacial score (nSPS) is 10.3. The maximum Gasteiger partial charge on any atom is 0.340 e. The lowest BCUT2D eigenvalue weighted by molar-refractivity contribution is 0.0602. The van der Waals surface area contributed by atoms with E-state index >= 15 is 0 Å². The number of anilines is 1. The predicted octanol–water partition coefficient (Wildman–Crippen LogP) is 4.23. The Hall–Kier alpha value is -2.20. The first-order chi connectivity index (χ1) is 11.0. The van der Waals surface area contributed by atoms with Gasteiger partial charge in [0.25, 0.3) is 0 Å². The zero-order chi connectivity index (χ0) is 16.8. The summed E-state index contributed by atoms with van der Waals surface area (Å²) in [6, 6.07) is 11.1. The van der Waals surface area contributed by atoms with Gasteiger partial charge in [0.05, 0.1) is 12.7 Å². The molecule has 0 fully saturated rings. The minimum absolute atomic E-state index is 0.409. The Morgan fingerprint density at radius 3 is 2.61 bits per heavy atom. The number of carbonyl (C=O) groups excluding carboxylic acids is 1. The molecule has 5 heteroatoms. The molecule has 0 aromatic heterocycles. The van der Waals surface area contributed by atoms with Crippen LogP contribution >= 0.6 is 11.6 Å². The fourth-order valence-corrected chi connectivity index (χ4v) is 2.28. The van der Waals surface area contributed by atoms with Gasteiger partial charge in [-0.1, -0.05) is 17.7 Å². The Labute approximate surface area is 141 Å². The van der Waals surface area contributed by atoms with Gasteiger partial charge in [-0.15, -0.1) is 0 Å². The molecule has 23 heavy (non-hydrogen) atoms. The summed E-state index contributed by atoms with van der Waals surface area (Å²) in [7, 11) is 1.34. The van der Waals surface area contributed by atoms with Crippen LogP contribution in [0.1, 0.15) is 21.5 Å². The van der Waals surface area contributed by atoms with Crippen molar-refractivity contribution < 1.29 is 14.3 Å². The molecule has 2 aromatic carbocycles. The van der Waals surface area contributed by atoms with Crippen LogP contribution in [-0.4, -0.2) is 26.2 Å². The van der Waals surface area contributed by atoms with Gasteiger partial charge in [0.15, 0.2) is 0 Å². The van der Waals surface area contributed by atoms with Crippen molar-refractivity contribution in [3.05, 3.63) is 58.1 Å². The summed E-state index contributed by atoms with van der Waals surface area (Å²) >= 11 is 5.93. The summed E-state index contributed by atoms with van der Waals surface area (Å²) in [5.41, 5.74) is 3.51. The number of carbonyl (C=O) groups is 1. The smallest absolute Gasteiger partial charge is 0.340 e. The van der Waals surface area contributed by atoms with Crippen LogP contribution in [0.3, 0.4) is 0 Å². The maximum atomic E-state index is 11.8. The molecular formula is C18H20ClNO3. The van der Waals surface area contributed by atoms with E-state index in [0.717, 1.165) is 5.75 Å². The largest absolute Gasteiger partial charge is 0.492 e. The van der Waals surface area contributed by atoms with E-state index in [1.54, 1.807) is 18.2 Å². The predicted molar refractivity (Wildman–Crippen MR) is 92.7 cm³/mol. The van der Waals surface area contributed by atoms with Crippen LogP contribution in [0.4, 0.5) is 5.69 Å². The molecule has 0 radical (unpaired) electrons. The summed E-state index contributed by atoms with van der Waals surface area (Å²) < 4.78 is 10.5. The Morgan fingerprint density at radius 2 is 1.91 bits per heavy atom. The van der Waals surface area contributed by atoms with E-state index in [1.807, 2.05) is 18.2 Å². The number of hydrogen-bond acceptors (Lipinski definition) is 4. The number of hydrogen-bond donors (Lipinski definition) is 1. The van der Waals surface area contributed by atoms with Gasteiger partial charge in [-0.25, -0.2) is 4.79 Å². The van der Waals surface area contributed by atoms with Crippen LogP contribution < -0.4 is 10.1 Å². The lowest BCUT2D eigenvalue weighted by atomic mass is 10.1. The second-order valence-electron chi connectivity index (χ2n) is 5.20. The molecule has 122 valence electrons. The number of ether oxygens (including phenoxy) is 2. The third-order valence-corrected chi connectivity index (χ3v) is 3.79. The number of benzene rings is 2. The monoisotopic (exact) mass is 333 g/mol. The standard InChI is InChI=1S/C18H20ClNO3/c1-12-4-6-15(10-13(12)2)23-9-8-20-17-7-5-14(19)11-16(17)18(21)22-3/h4-7,10-11,20H,8-9H2,1-3H3. The Kier molecular flexibility index (Phi) is 5.88. The summed E-state index contributed by atoms with van der Waals surface area (Å²) in [5, 5.41) is 3.66. The number of halogens is 1. The molecule has 1 N–H and O–H groups in total. The van der Waals surface area contributed by atoms with E-state index in [1.165, 1.54) is 18.2 Å². The quantitative estimate of drug-likeness (QED) is 0.634. The molecule has 0 saturated heterocycles. The molecule has 0 saturated carbocycles. The molecule has 2 aromatic rings. The van der Waals surface area contributed by atoms with E-state index in [4.69, 9.17) is 21.1 Å². The molecule has 0 heterocycles. The fourth-order valence-electron chi connectivity index (χ4n) is 2.11. The molecule has 0 atom stereocenters. The zero-order valence-electron chi connectivity index (χ0n) is 13.5. The molecule has 0 amide bonds. The highest BCUT2D eigenvalue weighted by Crippen LogP contribution is 2.21. The molecule has 2 rings (SSSR count). The van der Waals surface area contributed by atoms with Crippen molar-refractivity contribution in [1.82, 2.24) is 0 Å². The SMILES string of the molecule is COC(=O)c1cc(Cl)ccc1NCCOc1ccc(C)c(C)c1. The first-order valence-electron chi connectivity index (χ1n) is 7.33. The van der Waals surface area contributed by atoms with Crippen LogP contribution in [0.5, 0.6) is 5.75 Å². The maximum absolute atomic E-state index is 11.8. The third kappa shape index (κ3) is 4.63. The number of aryl methyl sites for hydroxylation is 2. The van der Waals surface area contributed by atoms with Crippen LogP contribution in [0.25, 0.3) is 0 Å². The highest BCUT2D eigenvalue weighted by atomic mass is 35.5. The number of rotatable bonds is 6. The van der Waals surface area contributed by atoms with Crippen molar-refractivity contribution in [2.45, 2.75) is 13.8 Å². The third-order valence-electron chi connectivity index (χ3n) is 3.55. The number of nitrogens with one attached hydrogen (secondary N) is 1. The van der Waals surface area contributed by atoms with Gasteiger partial charge < -0.3 is 14.8 Å². The minimum Gasteiger partial charge on any atom is -0.492 e. The highest BCUT2D eigenvalue weighted by Gasteiger charge is 2.12. The molecule has 4 nitrogen and oxygen atoms in total. The zero-order valence-corrected chi connectivity index (χ0v) is 14.2. The van der Waals surface area contributed by atoms with E-state index in [9.17, 15) is 4.79 Å². The summed E-state index contributed by atoms with van der Waals surface area (Å²) in [6.07, 6.45) is 0. The molecule has 0 aliphatic rings. The van der Waals surface area contributed by atoms with E-state index in [2.05, 4.69) is 19.2 Å². The van der Waals surface area contributed by atoms with Crippen LogP contribution in [0.2, 0.25) is 5.02 Å². The van der Waals surface area contributed by atoms with E-state index in [-0.39, 0.29) is 0 Å². The fraction of sp³-hybridized carbons (Fsp3) is 0.278. The summed E-state index contributed by atoms with van der Waals surface area (Å²) in [4.78, 5) is 11.8. The lowest BCUT2D eigenvalue weighted by Gasteiger charge is -2.12. The van der Waals surface area contributed by atoms with Crippen molar-refractivity contribution in [1.29, 1.82) is 0 Å². The van der Waals surface area contributed by atoms with E-state index < -0.39 is 5.97 Å². The Balaban J connectivity index is 1.93. The topological polar surface area (TPSA) is 47.6 Å². The van der Waals surface area contributed by atoms with Gasteiger partial charge in [-0.2, -0.15) is 0 Å². The number of methoxy groups -OCH3 is 1. The van der Waals surface area contributed by atoms with Crippen molar-refractivity contribution in [3.8, 4) is 5.75 Å². The van der Waals surface area contributed by atoms with Gasteiger partial charge in [-0.05, 0) is 55.3 Å². The van der Waals surface area contributed by atoms with Crippen LogP contribution in [0.15, 0.2) is 36.4 Å². The molecule has 0 unspecified atom stereocenters. The molecule has 0 spiro atoms. The van der Waals surface area contributed by atoms with Crippen LogP contribution in [0, 0.1) is 13.8 Å². The van der Waals surface area contributed by atoms with Gasteiger partial charge in [0.1, 0.15) is 12.4 Å². The molecule has 0 bridgehead atoms. The molecule has 0 aliphatic carbocycles. The van der Waals surface area contributed by atoms with Crippen molar-refractivity contribution in [3.63, 3.8) is 0 Å². The van der Waals surface area contributed by atoms with E-state index in [0.29, 0.717) is 29.4 Å². The van der Waals surface area contributed by atoms with Crippen molar-refractivity contribution in [2.75, 3.05) is 25.6 Å². The molecule has 0 aliphatic heterocycles. The second kappa shape index (κ2) is 7.88. The van der Waals surface area contributed by atoms with Gasteiger partial charge >= 0.3 is 5.97 Å². The van der Waals surface area contributed by atoms with Gasteiger partial charge in [0.2, 0.25) is 0 Å².